The van der Waals surface area contributed by atoms with Crippen molar-refractivity contribution in [3.8, 4) is 6.07 Å². The number of thioether (sulfide) groups is 1. The third-order valence-corrected chi connectivity index (χ3v) is 8.59. The van der Waals surface area contributed by atoms with Crippen LogP contribution in [0.4, 0.5) is 15.1 Å². The molecule has 0 spiro atoms. The van der Waals surface area contributed by atoms with E-state index < -0.39 is 5.82 Å². The predicted octanol–water partition coefficient (Wildman–Crippen LogP) is 6.89. The second-order valence-electron chi connectivity index (χ2n) is 9.95. The Morgan fingerprint density at radius 3 is 2.61 bits per heavy atom. The second-order valence-corrected chi connectivity index (χ2v) is 12.1. The van der Waals surface area contributed by atoms with E-state index >= 15 is 0 Å². The first-order chi connectivity index (χ1) is 17.1. The standard InChI is InChI=1S/C28H28FN3O2S2/c1-28(2,3)18-9-12-22-23(15-30)27(36-24(22)13-18)32-25(33)16-35-21-6-4-5-20(14-21)31-26(34)17-7-10-19(29)11-8-17/h4-8,10-11,14,18H,9,12-13,16H2,1-3H3,(H,31,34)(H,32,33). The minimum Gasteiger partial charge on any atom is -0.322 e. The summed E-state index contributed by atoms with van der Waals surface area (Å²) in [6.07, 6.45) is 2.87. The first-order valence-electron chi connectivity index (χ1n) is 11.8. The number of nitrogens with one attached hydrogen (secondary N) is 2. The highest BCUT2D eigenvalue weighted by atomic mass is 32.2. The Morgan fingerprint density at radius 2 is 1.92 bits per heavy atom. The van der Waals surface area contributed by atoms with Crippen molar-refractivity contribution in [2.24, 2.45) is 11.3 Å². The molecule has 0 radical (unpaired) electrons. The molecule has 2 amide bonds. The molecule has 2 aromatic carbocycles. The number of carbonyl (C=O) groups is 2. The van der Waals surface area contributed by atoms with E-state index in [9.17, 15) is 19.2 Å². The van der Waals surface area contributed by atoms with E-state index in [-0.39, 0.29) is 23.0 Å². The minimum absolute atomic E-state index is 0.174. The van der Waals surface area contributed by atoms with Gasteiger partial charge in [-0.25, -0.2) is 4.39 Å². The molecular weight excluding hydrogens is 493 g/mol. The summed E-state index contributed by atoms with van der Waals surface area (Å²) < 4.78 is 13.1. The average Bonchev–Trinajstić information content (AvgIpc) is 3.19. The molecule has 1 aliphatic carbocycles. The molecule has 8 heteroatoms. The molecule has 1 atom stereocenters. The number of fused-ring (bicyclic) bond motifs is 1. The van der Waals surface area contributed by atoms with Crippen molar-refractivity contribution in [2.45, 2.75) is 44.9 Å². The van der Waals surface area contributed by atoms with E-state index in [1.54, 1.807) is 18.2 Å². The van der Waals surface area contributed by atoms with E-state index in [4.69, 9.17) is 0 Å². The van der Waals surface area contributed by atoms with Crippen LogP contribution in [0.25, 0.3) is 0 Å². The Kier molecular flexibility index (Phi) is 7.82. The fourth-order valence-electron chi connectivity index (χ4n) is 4.31. The first kappa shape index (κ1) is 25.9. The summed E-state index contributed by atoms with van der Waals surface area (Å²) >= 11 is 2.88. The second kappa shape index (κ2) is 10.9. The number of thiophene rings is 1. The number of rotatable bonds is 6. The quantitative estimate of drug-likeness (QED) is 0.346. The Labute approximate surface area is 219 Å². The number of anilines is 2. The molecule has 36 heavy (non-hydrogen) atoms. The molecule has 2 N–H and O–H groups in total. The lowest BCUT2D eigenvalue weighted by atomic mass is 9.72. The summed E-state index contributed by atoms with van der Waals surface area (Å²) in [7, 11) is 0. The van der Waals surface area contributed by atoms with E-state index in [0.29, 0.717) is 27.7 Å². The third-order valence-electron chi connectivity index (χ3n) is 6.42. The Balaban J connectivity index is 1.37. The van der Waals surface area contributed by atoms with Crippen LogP contribution in [0.15, 0.2) is 53.4 Å². The number of nitriles is 1. The highest BCUT2D eigenvalue weighted by molar-refractivity contribution is 8.00. The van der Waals surface area contributed by atoms with Gasteiger partial charge < -0.3 is 10.6 Å². The zero-order chi connectivity index (χ0) is 25.9. The van der Waals surface area contributed by atoms with E-state index in [1.807, 2.05) is 6.07 Å². The molecule has 1 aromatic heterocycles. The van der Waals surface area contributed by atoms with E-state index in [0.717, 1.165) is 29.7 Å². The number of nitrogens with zero attached hydrogens (tertiary/aromatic N) is 1. The fraction of sp³-hybridized carbons (Fsp3) is 0.321. The van der Waals surface area contributed by atoms with Crippen LogP contribution >= 0.6 is 23.1 Å². The minimum atomic E-state index is -0.401. The van der Waals surface area contributed by atoms with Crippen LogP contribution in [0, 0.1) is 28.5 Å². The summed E-state index contributed by atoms with van der Waals surface area (Å²) in [5.41, 5.74) is 2.85. The number of amides is 2. The van der Waals surface area contributed by atoms with Crippen molar-refractivity contribution < 1.29 is 14.0 Å². The maximum absolute atomic E-state index is 13.1. The van der Waals surface area contributed by atoms with Gasteiger partial charge in [-0.1, -0.05) is 26.8 Å². The van der Waals surface area contributed by atoms with Gasteiger partial charge in [-0.15, -0.1) is 23.1 Å². The monoisotopic (exact) mass is 521 g/mol. The fourth-order valence-corrected chi connectivity index (χ4v) is 6.36. The Bertz CT molecular complexity index is 1320. The van der Waals surface area contributed by atoms with E-state index in [1.165, 1.54) is 52.2 Å². The molecule has 4 rings (SSSR count). The lowest BCUT2D eigenvalue weighted by Gasteiger charge is -2.33. The lowest BCUT2D eigenvalue weighted by molar-refractivity contribution is -0.113. The van der Waals surface area contributed by atoms with Crippen LogP contribution < -0.4 is 10.6 Å². The van der Waals surface area contributed by atoms with Crippen LogP contribution in [0.3, 0.4) is 0 Å². The molecule has 0 saturated heterocycles. The largest absolute Gasteiger partial charge is 0.322 e. The molecular formula is C28H28FN3O2S2. The summed E-state index contributed by atoms with van der Waals surface area (Å²) in [5, 5.41) is 16.1. The summed E-state index contributed by atoms with van der Waals surface area (Å²) in [4.78, 5) is 27.2. The van der Waals surface area contributed by atoms with Gasteiger partial charge in [-0.2, -0.15) is 5.26 Å². The van der Waals surface area contributed by atoms with Crippen molar-refractivity contribution in [2.75, 3.05) is 16.4 Å². The van der Waals surface area contributed by atoms with Gasteiger partial charge in [0.05, 0.1) is 11.3 Å². The van der Waals surface area contributed by atoms with Gasteiger partial charge in [0.25, 0.3) is 5.91 Å². The SMILES string of the molecule is CC(C)(C)C1CCc2c(sc(NC(=O)CSc3cccc(NC(=O)c4ccc(F)cc4)c3)c2C#N)C1. The maximum atomic E-state index is 13.1. The van der Waals surface area contributed by atoms with Crippen LogP contribution in [-0.2, 0) is 17.6 Å². The van der Waals surface area contributed by atoms with Crippen molar-refractivity contribution in [1.29, 1.82) is 5.26 Å². The summed E-state index contributed by atoms with van der Waals surface area (Å²) in [6, 6.07) is 14.8. The highest BCUT2D eigenvalue weighted by Gasteiger charge is 2.32. The van der Waals surface area contributed by atoms with Gasteiger partial charge >= 0.3 is 0 Å². The normalized spacial score (nSPS) is 15.0. The Hall–Kier alpha value is -3.15. The summed E-state index contributed by atoms with van der Waals surface area (Å²) in [5.74, 6) is -0.183. The van der Waals surface area contributed by atoms with Crippen LogP contribution in [0.2, 0.25) is 0 Å². The molecule has 1 aliphatic rings. The molecule has 186 valence electrons. The van der Waals surface area contributed by atoms with Gasteiger partial charge in [0.2, 0.25) is 5.91 Å². The maximum Gasteiger partial charge on any atom is 0.255 e. The number of halogens is 1. The van der Waals surface area contributed by atoms with Gasteiger partial charge in [-0.05, 0) is 78.6 Å². The third kappa shape index (κ3) is 6.15. The van der Waals surface area contributed by atoms with Crippen molar-refractivity contribution in [3.63, 3.8) is 0 Å². The average molecular weight is 522 g/mol. The molecule has 0 aliphatic heterocycles. The summed E-state index contributed by atoms with van der Waals surface area (Å²) in [6.45, 7) is 6.76. The van der Waals surface area contributed by atoms with E-state index in [2.05, 4.69) is 37.5 Å². The zero-order valence-electron chi connectivity index (χ0n) is 20.5. The predicted molar refractivity (Wildman–Crippen MR) is 144 cm³/mol. The van der Waals surface area contributed by atoms with Gasteiger partial charge in [0.1, 0.15) is 16.9 Å². The molecule has 3 aromatic rings. The zero-order valence-corrected chi connectivity index (χ0v) is 22.1. The van der Waals surface area contributed by atoms with Gasteiger partial charge in [0.15, 0.2) is 0 Å². The van der Waals surface area contributed by atoms with Crippen LogP contribution in [0.5, 0.6) is 0 Å². The van der Waals surface area contributed by atoms with Crippen LogP contribution in [-0.4, -0.2) is 17.6 Å². The smallest absolute Gasteiger partial charge is 0.255 e. The number of hydrogen-bond donors (Lipinski definition) is 2. The molecule has 0 saturated carbocycles. The molecule has 0 fully saturated rings. The van der Waals surface area contributed by atoms with Crippen molar-refractivity contribution in [1.82, 2.24) is 0 Å². The van der Waals surface area contributed by atoms with Gasteiger partial charge in [0, 0.05) is 21.0 Å². The Morgan fingerprint density at radius 1 is 1.17 bits per heavy atom. The number of benzene rings is 2. The molecule has 1 unspecified atom stereocenters. The lowest BCUT2D eigenvalue weighted by Crippen LogP contribution is -2.26. The molecule has 0 bridgehead atoms. The number of carbonyl (C=O) groups excluding carboxylic acids is 2. The van der Waals surface area contributed by atoms with Crippen LogP contribution in [0.1, 0.15) is 53.6 Å². The topological polar surface area (TPSA) is 82.0 Å². The molecule has 5 nitrogen and oxygen atoms in total. The van der Waals surface area contributed by atoms with Crippen molar-refractivity contribution >= 4 is 45.6 Å². The highest BCUT2D eigenvalue weighted by Crippen LogP contribution is 2.44. The first-order valence-corrected chi connectivity index (χ1v) is 13.6. The van der Waals surface area contributed by atoms with Crippen molar-refractivity contribution in [3.05, 3.63) is 75.9 Å². The molecule has 1 heterocycles. The number of hydrogen-bond acceptors (Lipinski definition) is 5. The van der Waals surface area contributed by atoms with Gasteiger partial charge in [-0.3, -0.25) is 9.59 Å².